The molecule has 0 aliphatic carbocycles. The average Bonchev–Trinajstić information content (AvgIpc) is 3.33. The van der Waals surface area contributed by atoms with Crippen LogP contribution in [0.25, 0.3) is 0 Å². The maximum absolute atomic E-state index is 14.7. The lowest BCUT2D eigenvalue weighted by Crippen LogP contribution is -2.41. The minimum absolute atomic E-state index is 0.00116. The number of amides is 3. The SMILES string of the molecule is CN1CC[C@H](N(C)C(=O)Nc2cc(Oc3ccc(NC(=S)NC(=O)Cc4ccc(F)cc4)cc3F)ncn2)C1. The van der Waals surface area contributed by atoms with Gasteiger partial charge >= 0.3 is 6.03 Å². The normalized spacial score (nSPS) is 14.9. The molecule has 0 saturated carbocycles. The van der Waals surface area contributed by atoms with Crippen LogP contribution in [-0.2, 0) is 11.2 Å². The second kappa shape index (κ2) is 12.5. The zero-order valence-electron chi connectivity index (χ0n) is 21.3. The molecule has 3 amide bonds. The van der Waals surface area contributed by atoms with Gasteiger partial charge in [0.15, 0.2) is 16.7 Å². The number of urea groups is 1. The highest BCUT2D eigenvalue weighted by molar-refractivity contribution is 7.80. The van der Waals surface area contributed by atoms with Crippen molar-refractivity contribution in [3.8, 4) is 11.6 Å². The van der Waals surface area contributed by atoms with Crippen molar-refractivity contribution in [3.63, 3.8) is 0 Å². The molecule has 204 valence electrons. The van der Waals surface area contributed by atoms with Crippen molar-refractivity contribution in [1.82, 2.24) is 25.1 Å². The van der Waals surface area contributed by atoms with Crippen LogP contribution >= 0.6 is 12.2 Å². The van der Waals surface area contributed by atoms with Crippen molar-refractivity contribution in [2.45, 2.75) is 18.9 Å². The topological polar surface area (TPSA) is 112 Å². The number of carbonyl (C=O) groups excluding carboxylic acids is 2. The Kier molecular flexibility index (Phi) is 8.94. The summed E-state index contributed by atoms with van der Waals surface area (Å²) in [6, 6.07) is 10.7. The van der Waals surface area contributed by atoms with Gasteiger partial charge in [-0.2, -0.15) is 0 Å². The molecule has 3 aromatic rings. The molecule has 2 heterocycles. The van der Waals surface area contributed by atoms with E-state index in [1.807, 2.05) is 7.05 Å². The monoisotopic (exact) mass is 555 g/mol. The molecule has 0 bridgehead atoms. The lowest BCUT2D eigenvalue weighted by Gasteiger charge is -2.24. The predicted molar refractivity (Wildman–Crippen MR) is 146 cm³/mol. The van der Waals surface area contributed by atoms with Crippen LogP contribution in [0.2, 0.25) is 0 Å². The lowest BCUT2D eigenvalue weighted by atomic mass is 10.1. The minimum atomic E-state index is -0.713. The number of carbonyl (C=O) groups is 2. The van der Waals surface area contributed by atoms with Crippen molar-refractivity contribution >= 4 is 40.8 Å². The molecule has 39 heavy (non-hydrogen) atoms. The molecule has 3 N–H and O–H groups in total. The van der Waals surface area contributed by atoms with Gasteiger partial charge in [0, 0.05) is 37.5 Å². The molecule has 1 aliphatic rings. The van der Waals surface area contributed by atoms with Crippen molar-refractivity contribution in [2.75, 3.05) is 37.8 Å². The van der Waals surface area contributed by atoms with Gasteiger partial charge in [-0.15, -0.1) is 0 Å². The number of nitrogens with one attached hydrogen (secondary N) is 3. The van der Waals surface area contributed by atoms with Gasteiger partial charge in [0.2, 0.25) is 11.8 Å². The van der Waals surface area contributed by atoms with Gasteiger partial charge in [-0.3, -0.25) is 10.1 Å². The minimum Gasteiger partial charge on any atom is -0.436 e. The second-order valence-corrected chi connectivity index (χ2v) is 9.45. The highest BCUT2D eigenvalue weighted by Gasteiger charge is 2.26. The van der Waals surface area contributed by atoms with E-state index in [9.17, 15) is 18.4 Å². The van der Waals surface area contributed by atoms with Crippen LogP contribution in [0, 0.1) is 11.6 Å². The molecule has 2 aromatic carbocycles. The van der Waals surface area contributed by atoms with E-state index < -0.39 is 17.5 Å². The third kappa shape index (κ3) is 7.88. The Bertz CT molecular complexity index is 1360. The number of hydrogen-bond donors (Lipinski definition) is 3. The van der Waals surface area contributed by atoms with Crippen molar-refractivity contribution in [1.29, 1.82) is 0 Å². The first-order valence-electron chi connectivity index (χ1n) is 12.0. The smallest absolute Gasteiger partial charge is 0.323 e. The number of thiocarbonyl (C=S) groups is 1. The number of ether oxygens (including phenoxy) is 1. The van der Waals surface area contributed by atoms with Crippen LogP contribution in [0.3, 0.4) is 0 Å². The molecule has 1 fully saturated rings. The molecule has 0 radical (unpaired) electrons. The molecular formula is C26H27F2N7O3S. The Labute approximate surface area is 229 Å². The second-order valence-electron chi connectivity index (χ2n) is 9.04. The van der Waals surface area contributed by atoms with E-state index in [1.165, 1.54) is 48.8 Å². The molecule has 10 nitrogen and oxygen atoms in total. The Morgan fingerprint density at radius 3 is 2.59 bits per heavy atom. The van der Waals surface area contributed by atoms with E-state index in [0.717, 1.165) is 25.6 Å². The van der Waals surface area contributed by atoms with Crippen LogP contribution in [0.1, 0.15) is 12.0 Å². The van der Waals surface area contributed by atoms with Gasteiger partial charge in [0.1, 0.15) is 18.0 Å². The van der Waals surface area contributed by atoms with Crippen LogP contribution in [-0.4, -0.2) is 70.0 Å². The summed E-state index contributed by atoms with van der Waals surface area (Å²) in [5, 5.41) is 7.90. The van der Waals surface area contributed by atoms with Gasteiger partial charge in [-0.1, -0.05) is 12.1 Å². The summed E-state index contributed by atoms with van der Waals surface area (Å²) in [7, 11) is 3.73. The largest absolute Gasteiger partial charge is 0.436 e. The Morgan fingerprint density at radius 2 is 1.90 bits per heavy atom. The summed E-state index contributed by atoms with van der Waals surface area (Å²) >= 11 is 5.12. The Balaban J connectivity index is 1.30. The van der Waals surface area contributed by atoms with Gasteiger partial charge in [0.05, 0.1) is 6.42 Å². The van der Waals surface area contributed by atoms with E-state index >= 15 is 0 Å². The Hall–Kier alpha value is -4.23. The summed E-state index contributed by atoms with van der Waals surface area (Å²) in [5.41, 5.74) is 0.897. The molecule has 1 atom stereocenters. The number of halogens is 2. The van der Waals surface area contributed by atoms with Crippen LogP contribution in [0.4, 0.5) is 25.1 Å². The summed E-state index contributed by atoms with van der Waals surface area (Å²) < 4.78 is 33.3. The first-order valence-corrected chi connectivity index (χ1v) is 12.4. The molecule has 1 saturated heterocycles. The van der Waals surface area contributed by atoms with Crippen LogP contribution < -0.4 is 20.7 Å². The number of likely N-dealkylation sites (N-methyl/N-ethyl adjacent to an activating group) is 2. The quantitative estimate of drug-likeness (QED) is 0.378. The summed E-state index contributed by atoms with van der Waals surface area (Å²) in [6.07, 6.45) is 2.09. The number of benzene rings is 2. The third-order valence-corrected chi connectivity index (χ3v) is 6.25. The van der Waals surface area contributed by atoms with E-state index in [0.29, 0.717) is 5.56 Å². The molecule has 0 spiro atoms. The summed E-state index contributed by atoms with van der Waals surface area (Å²) in [5.74, 6) is -1.39. The fourth-order valence-corrected chi connectivity index (χ4v) is 4.18. The highest BCUT2D eigenvalue weighted by atomic mass is 32.1. The van der Waals surface area contributed by atoms with Crippen molar-refractivity contribution in [3.05, 3.63) is 72.1 Å². The highest BCUT2D eigenvalue weighted by Crippen LogP contribution is 2.26. The molecule has 1 aromatic heterocycles. The molecular weight excluding hydrogens is 528 g/mol. The number of hydrogen-bond acceptors (Lipinski definition) is 7. The number of anilines is 2. The van der Waals surface area contributed by atoms with Gasteiger partial charge in [-0.25, -0.2) is 23.5 Å². The van der Waals surface area contributed by atoms with E-state index in [4.69, 9.17) is 17.0 Å². The first kappa shape index (κ1) is 27.8. The van der Waals surface area contributed by atoms with Gasteiger partial charge in [0.25, 0.3) is 0 Å². The standard InChI is InChI=1S/C26H27F2N7O3S/c1-34-10-9-19(14-34)35(2)26(37)32-22-13-24(30-15-29-22)38-21-8-7-18(12-20(21)28)31-25(39)33-23(36)11-16-3-5-17(27)6-4-16/h3-8,12-13,15,19H,9-11,14H2,1-2H3,(H,29,30,32,37)(H2,31,33,36,39)/t19-/m0/s1. The van der Waals surface area contributed by atoms with E-state index in [2.05, 4.69) is 30.8 Å². The maximum Gasteiger partial charge on any atom is 0.323 e. The fourth-order valence-electron chi connectivity index (χ4n) is 3.95. The first-order chi connectivity index (χ1) is 18.7. The van der Waals surface area contributed by atoms with Crippen molar-refractivity contribution < 1.29 is 23.1 Å². The average molecular weight is 556 g/mol. The van der Waals surface area contributed by atoms with Crippen LogP contribution in [0.5, 0.6) is 11.6 Å². The van der Waals surface area contributed by atoms with Gasteiger partial charge < -0.3 is 25.2 Å². The lowest BCUT2D eigenvalue weighted by molar-refractivity contribution is -0.119. The molecule has 1 aliphatic heterocycles. The van der Waals surface area contributed by atoms with E-state index in [-0.39, 0.29) is 46.7 Å². The summed E-state index contributed by atoms with van der Waals surface area (Å²) in [4.78, 5) is 36.6. The number of rotatable bonds is 7. The number of aromatic nitrogens is 2. The Morgan fingerprint density at radius 1 is 1.13 bits per heavy atom. The van der Waals surface area contributed by atoms with Crippen molar-refractivity contribution in [2.24, 2.45) is 0 Å². The summed E-state index contributed by atoms with van der Waals surface area (Å²) in [6.45, 7) is 1.71. The van der Waals surface area contributed by atoms with Gasteiger partial charge in [-0.05, 0) is 62.1 Å². The fraction of sp³-hybridized carbons (Fsp3) is 0.269. The molecule has 13 heteroatoms. The molecule has 0 unspecified atom stereocenters. The zero-order valence-corrected chi connectivity index (χ0v) is 22.1. The maximum atomic E-state index is 14.7. The third-order valence-electron chi connectivity index (χ3n) is 6.05. The number of nitrogens with zero attached hydrogens (tertiary/aromatic N) is 4. The molecule has 4 rings (SSSR count). The predicted octanol–water partition coefficient (Wildman–Crippen LogP) is 3.77. The van der Waals surface area contributed by atoms with E-state index in [1.54, 1.807) is 11.9 Å². The number of likely N-dealkylation sites (tertiary alicyclic amines) is 1. The van der Waals surface area contributed by atoms with Crippen LogP contribution in [0.15, 0.2) is 54.9 Å². The zero-order chi connectivity index (χ0) is 27.9.